The number of amides is 1. The number of furan rings is 1. The molecule has 1 amide bonds. The summed E-state index contributed by atoms with van der Waals surface area (Å²) in [4.78, 5) is 12.8. The van der Waals surface area contributed by atoms with E-state index in [1.807, 2.05) is 30.5 Å². The average molecular weight is 425 g/mol. The lowest BCUT2D eigenvalue weighted by Crippen LogP contribution is -2.19. The molecule has 0 aromatic carbocycles. The van der Waals surface area contributed by atoms with Gasteiger partial charge in [0.05, 0.1) is 24.1 Å². The van der Waals surface area contributed by atoms with Gasteiger partial charge in [-0.15, -0.1) is 10.2 Å². The summed E-state index contributed by atoms with van der Waals surface area (Å²) in [5.41, 5.74) is 2.26. The van der Waals surface area contributed by atoms with E-state index in [0.717, 1.165) is 53.8 Å². The van der Waals surface area contributed by atoms with E-state index in [4.69, 9.17) is 4.42 Å². The van der Waals surface area contributed by atoms with Crippen LogP contribution in [0.5, 0.6) is 0 Å². The average Bonchev–Trinajstić information content (AvgIpc) is 3.39. The smallest absolute Gasteiger partial charge is 0.235 e. The van der Waals surface area contributed by atoms with E-state index in [1.54, 1.807) is 6.26 Å². The van der Waals surface area contributed by atoms with Crippen molar-refractivity contribution in [3.05, 3.63) is 46.8 Å². The van der Waals surface area contributed by atoms with E-state index >= 15 is 0 Å². The van der Waals surface area contributed by atoms with Crippen LogP contribution in [0.25, 0.3) is 0 Å². The molecule has 4 heterocycles. The van der Waals surface area contributed by atoms with Gasteiger partial charge in [-0.1, -0.05) is 18.2 Å². The van der Waals surface area contributed by atoms with Crippen molar-refractivity contribution in [3.63, 3.8) is 0 Å². The number of aryl methyl sites for hydroxylation is 1. The second-order valence-electron chi connectivity index (χ2n) is 7.41. The SMILES string of the molecule is Cc1c(C#N)c(NC(=O)CSc2nnc3n2CCCCC3)n(Cc2ccco2)c1C. The van der Waals surface area contributed by atoms with Gasteiger partial charge in [0, 0.05) is 18.7 Å². The number of nitrogens with one attached hydrogen (secondary N) is 1. The predicted molar refractivity (Wildman–Crippen MR) is 113 cm³/mol. The molecule has 8 nitrogen and oxygen atoms in total. The van der Waals surface area contributed by atoms with Gasteiger partial charge in [0.2, 0.25) is 5.91 Å². The molecule has 0 aliphatic carbocycles. The number of thioether (sulfide) groups is 1. The number of aromatic nitrogens is 4. The lowest BCUT2D eigenvalue weighted by Gasteiger charge is -2.12. The van der Waals surface area contributed by atoms with Crippen LogP contribution in [-0.4, -0.2) is 31.0 Å². The third-order valence-corrected chi connectivity index (χ3v) is 6.47. The molecule has 156 valence electrons. The molecule has 0 saturated heterocycles. The van der Waals surface area contributed by atoms with Gasteiger partial charge in [0.1, 0.15) is 23.5 Å². The van der Waals surface area contributed by atoms with Crippen molar-refractivity contribution in [2.75, 3.05) is 11.1 Å². The largest absolute Gasteiger partial charge is 0.467 e. The molecule has 0 radical (unpaired) electrons. The van der Waals surface area contributed by atoms with Gasteiger partial charge in [0.25, 0.3) is 0 Å². The highest BCUT2D eigenvalue weighted by Crippen LogP contribution is 2.28. The maximum Gasteiger partial charge on any atom is 0.235 e. The van der Waals surface area contributed by atoms with Crippen LogP contribution in [0.15, 0.2) is 28.0 Å². The Balaban J connectivity index is 1.50. The monoisotopic (exact) mass is 424 g/mol. The number of fused-ring (bicyclic) bond motifs is 1. The second-order valence-corrected chi connectivity index (χ2v) is 8.35. The van der Waals surface area contributed by atoms with Gasteiger partial charge in [0.15, 0.2) is 5.16 Å². The minimum atomic E-state index is -0.180. The fourth-order valence-corrected chi connectivity index (χ4v) is 4.53. The Morgan fingerprint density at radius 2 is 2.20 bits per heavy atom. The fraction of sp³-hybridized carbons (Fsp3) is 0.429. The summed E-state index contributed by atoms with van der Waals surface area (Å²) in [6.45, 7) is 5.18. The van der Waals surface area contributed by atoms with Crippen LogP contribution < -0.4 is 5.32 Å². The Bertz CT molecular complexity index is 1090. The fourth-order valence-electron chi connectivity index (χ4n) is 3.75. The van der Waals surface area contributed by atoms with Gasteiger partial charge in [-0.3, -0.25) is 4.79 Å². The van der Waals surface area contributed by atoms with E-state index < -0.39 is 0 Å². The zero-order valence-corrected chi connectivity index (χ0v) is 18.0. The molecule has 0 saturated carbocycles. The number of nitriles is 1. The van der Waals surface area contributed by atoms with Crippen molar-refractivity contribution in [1.29, 1.82) is 5.26 Å². The van der Waals surface area contributed by atoms with Gasteiger partial charge in [-0.05, 0) is 44.4 Å². The van der Waals surface area contributed by atoms with Crippen molar-refractivity contribution in [1.82, 2.24) is 19.3 Å². The van der Waals surface area contributed by atoms with Gasteiger partial charge >= 0.3 is 0 Å². The first-order valence-corrected chi connectivity index (χ1v) is 11.0. The first kappa shape index (κ1) is 20.3. The predicted octanol–water partition coefficient (Wildman–Crippen LogP) is 3.67. The second kappa shape index (κ2) is 8.79. The van der Waals surface area contributed by atoms with E-state index in [-0.39, 0.29) is 11.7 Å². The van der Waals surface area contributed by atoms with Crippen LogP contribution in [0.3, 0.4) is 0 Å². The van der Waals surface area contributed by atoms with Crippen molar-refractivity contribution in [3.8, 4) is 6.07 Å². The number of carbonyl (C=O) groups is 1. The Morgan fingerprint density at radius 1 is 1.33 bits per heavy atom. The summed E-state index contributed by atoms with van der Waals surface area (Å²) in [6, 6.07) is 5.92. The summed E-state index contributed by atoms with van der Waals surface area (Å²) < 4.78 is 9.50. The molecule has 1 aliphatic rings. The molecule has 4 rings (SSSR count). The minimum Gasteiger partial charge on any atom is -0.467 e. The number of rotatable bonds is 6. The first-order chi connectivity index (χ1) is 14.6. The Labute approximate surface area is 179 Å². The number of anilines is 1. The topological polar surface area (TPSA) is 102 Å². The van der Waals surface area contributed by atoms with Crippen molar-refractivity contribution in [2.45, 2.75) is 57.8 Å². The van der Waals surface area contributed by atoms with E-state index in [9.17, 15) is 10.1 Å². The third kappa shape index (κ3) is 4.00. The molecule has 3 aromatic heterocycles. The van der Waals surface area contributed by atoms with Crippen molar-refractivity contribution < 1.29 is 9.21 Å². The van der Waals surface area contributed by atoms with Crippen molar-refractivity contribution in [2.24, 2.45) is 0 Å². The normalized spacial score (nSPS) is 13.5. The molecule has 9 heteroatoms. The van der Waals surface area contributed by atoms with Crippen molar-refractivity contribution >= 4 is 23.5 Å². The molecule has 3 aromatic rings. The van der Waals surface area contributed by atoms with Crippen LogP contribution in [0.1, 0.15) is 47.7 Å². The highest BCUT2D eigenvalue weighted by Gasteiger charge is 2.21. The van der Waals surface area contributed by atoms with Gasteiger partial charge in [-0.25, -0.2) is 0 Å². The summed E-state index contributed by atoms with van der Waals surface area (Å²) in [5, 5.41) is 21.9. The summed E-state index contributed by atoms with van der Waals surface area (Å²) in [6.07, 6.45) is 5.98. The minimum absolute atomic E-state index is 0.180. The number of hydrogen-bond acceptors (Lipinski definition) is 6. The molecule has 1 N–H and O–H groups in total. The van der Waals surface area contributed by atoms with Gasteiger partial charge in [-0.2, -0.15) is 5.26 Å². The number of nitrogens with zero attached hydrogens (tertiary/aromatic N) is 5. The van der Waals surface area contributed by atoms with Crippen LogP contribution in [-0.2, 0) is 24.3 Å². The zero-order chi connectivity index (χ0) is 21.1. The van der Waals surface area contributed by atoms with Crippen LogP contribution in [0.4, 0.5) is 5.82 Å². The maximum absolute atomic E-state index is 12.8. The lowest BCUT2D eigenvalue weighted by atomic mass is 10.2. The molecular weight excluding hydrogens is 400 g/mol. The van der Waals surface area contributed by atoms with E-state index in [2.05, 4.69) is 26.2 Å². The first-order valence-electron chi connectivity index (χ1n) is 10.1. The Kier molecular flexibility index (Phi) is 5.95. The molecule has 30 heavy (non-hydrogen) atoms. The summed E-state index contributed by atoms with van der Waals surface area (Å²) in [5.74, 6) is 2.29. The Morgan fingerprint density at radius 3 is 2.97 bits per heavy atom. The molecule has 0 unspecified atom stereocenters. The lowest BCUT2D eigenvalue weighted by molar-refractivity contribution is -0.113. The quantitative estimate of drug-likeness (QED) is 0.606. The highest BCUT2D eigenvalue weighted by atomic mass is 32.2. The molecule has 0 bridgehead atoms. The highest BCUT2D eigenvalue weighted by molar-refractivity contribution is 7.99. The van der Waals surface area contributed by atoms with E-state index in [0.29, 0.717) is 17.9 Å². The van der Waals surface area contributed by atoms with Gasteiger partial charge < -0.3 is 18.9 Å². The molecule has 0 spiro atoms. The molecule has 1 aliphatic heterocycles. The summed E-state index contributed by atoms with van der Waals surface area (Å²) >= 11 is 1.38. The maximum atomic E-state index is 12.8. The standard InChI is InChI=1S/C21H24N6O2S/c1-14-15(2)27(12-16-7-6-10-29-16)20(17(14)11-22)23-19(28)13-30-21-25-24-18-8-4-3-5-9-26(18)21/h6-7,10H,3-5,8-9,12-13H2,1-2H3,(H,23,28). The van der Waals surface area contributed by atoms with Crippen LogP contribution in [0, 0.1) is 25.2 Å². The Hall–Kier alpha value is -2.99. The third-order valence-electron chi connectivity index (χ3n) is 5.50. The van der Waals surface area contributed by atoms with Crippen LogP contribution in [0.2, 0.25) is 0 Å². The summed E-state index contributed by atoms with van der Waals surface area (Å²) in [7, 11) is 0. The van der Waals surface area contributed by atoms with E-state index in [1.165, 1.54) is 18.2 Å². The van der Waals surface area contributed by atoms with Crippen LogP contribution >= 0.6 is 11.8 Å². The molecular formula is C21H24N6O2S. The molecule has 0 fully saturated rings. The number of hydrogen-bond donors (Lipinski definition) is 1. The molecule has 0 atom stereocenters. The zero-order valence-electron chi connectivity index (χ0n) is 17.1. The number of carbonyl (C=O) groups excluding carboxylic acids is 1.